The third kappa shape index (κ3) is 5.77. The van der Waals surface area contributed by atoms with E-state index in [0.29, 0.717) is 17.3 Å². The van der Waals surface area contributed by atoms with E-state index in [9.17, 15) is 9.59 Å². The quantitative estimate of drug-likeness (QED) is 0.544. The van der Waals surface area contributed by atoms with Crippen molar-refractivity contribution in [3.05, 3.63) is 41.9 Å². The topological polar surface area (TPSA) is 55.8 Å². The summed E-state index contributed by atoms with van der Waals surface area (Å²) in [7, 11) is 1.32. The van der Waals surface area contributed by atoms with E-state index in [1.54, 1.807) is 37.3 Å². The van der Waals surface area contributed by atoms with E-state index in [4.69, 9.17) is 16.3 Å². The zero-order valence-electron chi connectivity index (χ0n) is 12.8. The van der Waals surface area contributed by atoms with Crippen molar-refractivity contribution in [2.45, 2.75) is 6.92 Å². The fraction of sp³-hybridized carbons (Fsp3) is 0.375. The molecule has 0 saturated carbocycles. The number of hydrogen-bond acceptors (Lipinski definition) is 4. The van der Waals surface area contributed by atoms with E-state index >= 15 is 0 Å². The number of carbonyl (C=O) groups is 2. The molecule has 1 rings (SSSR count). The van der Waals surface area contributed by atoms with Crippen LogP contribution >= 0.6 is 11.6 Å². The Balaban J connectivity index is 2.58. The molecule has 1 aromatic rings. The van der Waals surface area contributed by atoms with Gasteiger partial charge in [-0.25, -0.2) is 0 Å². The third-order valence-electron chi connectivity index (χ3n) is 2.98. The van der Waals surface area contributed by atoms with Gasteiger partial charge in [-0.3, -0.25) is 9.59 Å². The molecule has 1 atom stereocenters. The molecule has 1 amide bonds. The lowest BCUT2D eigenvalue weighted by Gasteiger charge is -2.23. The molecule has 0 radical (unpaired) electrons. The van der Waals surface area contributed by atoms with Crippen molar-refractivity contribution >= 4 is 23.5 Å². The zero-order valence-corrected chi connectivity index (χ0v) is 13.5. The van der Waals surface area contributed by atoms with Crippen LogP contribution in [0.3, 0.4) is 0 Å². The van der Waals surface area contributed by atoms with Crippen LogP contribution in [0.25, 0.3) is 0 Å². The predicted octanol–water partition coefficient (Wildman–Crippen LogP) is 2.54. The molecule has 120 valence electrons. The van der Waals surface area contributed by atoms with Crippen molar-refractivity contribution in [2.75, 3.05) is 26.8 Å². The maximum absolute atomic E-state index is 12.2. The average Bonchev–Trinajstić information content (AvgIpc) is 2.52. The molecule has 1 aromatic carbocycles. The molecule has 1 unspecified atom stereocenters. The summed E-state index contributed by atoms with van der Waals surface area (Å²) in [5.74, 6) is -0.451. The second kappa shape index (κ2) is 9.10. The highest BCUT2D eigenvalue weighted by Crippen LogP contribution is 2.15. The number of amides is 1. The molecule has 0 aliphatic rings. The standard InChI is InChI=1S/C16H20ClNO4/c1-4-9-18(10-12(2)16(20)21-3)15(19)11-22-14-7-5-13(17)6-8-14/h4-8,12H,1,9-11H2,2-3H3. The Labute approximate surface area is 135 Å². The van der Waals surface area contributed by atoms with Gasteiger partial charge in [0.05, 0.1) is 13.0 Å². The van der Waals surface area contributed by atoms with Gasteiger partial charge < -0.3 is 14.4 Å². The monoisotopic (exact) mass is 325 g/mol. The predicted molar refractivity (Wildman–Crippen MR) is 84.9 cm³/mol. The first-order valence-electron chi connectivity index (χ1n) is 6.82. The number of esters is 1. The first kappa shape index (κ1) is 18.0. The number of ether oxygens (including phenoxy) is 2. The minimum atomic E-state index is -0.413. The maximum atomic E-state index is 12.2. The van der Waals surface area contributed by atoms with Crippen molar-refractivity contribution in [2.24, 2.45) is 5.92 Å². The van der Waals surface area contributed by atoms with Crippen LogP contribution in [0.5, 0.6) is 5.75 Å². The van der Waals surface area contributed by atoms with Gasteiger partial charge in [-0.05, 0) is 24.3 Å². The summed E-state index contributed by atoms with van der Waals surface area (Å²) >= 11 is 5.78. The summed E-state index contributed by atoms with van der Waals surface area (Å²) in [5.41, 5.74) is 0. The Hall–Kier alpha value is -2.01. The van der Waals surface area contributed by atoms with Crippen LogP contribution in [0, 0.1) is 5.92 Å². The smallest absolute Gasteiger partial charge is 0.310 e. The number of nitrogens with zero attached hydrogens (tertiary/aromatic N) is 1. The average molecular weight is 326 g/mol. The van der Waals surface area contributed by atoms with Crippen molar-refractivity contribution in [3.63, 3.8) is 0 Å². The Morgan fingerprint density at radius 2 is 2.00 bits per heavy atom. The Morgan fingerprint density at radius 3 is 2.55 bits per heavy atom. The molecule has 0 saturated heterocycles. The largest absolute Gasteiger partial charge is 0.484 e. The second-order valence-electron chi connectivity index (χ2n) is 4.75. The molecule has 0 aliphatic heterocycles. The molecular formula is C16H20ClNO4. The highest BCUT2D eigenvalue weighted by Gasteiger charge is 2.21. The molecule has 0 bridgehead atoms. The van der Waals surface area contributed by atoms with Gasteiger partial charge in [-0.15, -0.1) is 6.58 Å². The highest BCUT2D eigenvalue weighted by atomic mass is 35.5. The molecular weight excluding hydrogens is 306 g/mol. The van der Waals surface area contributed by atoms with Crippen LogP contribution in [-0.4, -0.2) is 43.6 Å². The minimum Gasteiger partial charge on any atom is -0.484 e. The van der Waals surface area contributed by atoms with Crippen LogP contribution in [0.4, 0.5) is 0 Å². The van der Waals surface area contributed by atoms with Gasteiger partial charge in [0.25, 0.3) is 5.91 Å². The molecule has 5 nitrogen and oxygen atoms in total. The summed E-state index contributed by atoms with van der Waals surface area (Å²) < 4.78 is 10.1. The van der Waals surface area contributed by atoms with Gasteiger partial charge in [0.1, 0.15) is 5.75 Å². The lowest BCUT2D eigenvalue weighted by molar-refractivity contribution is -0.146. The normalized spacial score (nSPS) is 11.4. The van der Waals surface area contributed by atoms with Gasteiger partial charge in [0, 0.05) is 18.1 Å². The van der Waals surface area contributed by atoms with Crippen LogP contribution in [-0.2, 0) is 14.3 Å². The summed E-state index contributed by atoms with van der Waals surface area (Å²) in [6.07, 6.45) is 1.60. The van der Waals surface area contributed by atoms with Gasteiger partial charge in [0.15, 0.2) is 6.61 Å². The zero-order chi connectivity index (χ0) is 16.5. The first-order chi connectivity index (χ1) is 10.5. The summed E-state index contributed by atoms with van der Waals surface area (Å²) in [4.78, 5) is 25.2. The van der Waals surface area contributed by atoms with Crippen molar-refractivity contribution in [1.82, 2.24) is 4.90 Å². The number of halogens is 1. The lowest BCUT2D eigenvalue weighted by Crippen LogP contribution is -2.40. The summed E-state index contributed by atoms with van der Waals surface area (Å²) in [5, 5.41) is 0.596. The Kier molecular flexibility index (Phi) is 7.46. The first-order valence-corrected chi connectivity index (χ1v) is 7.20. The third-order valence-corrected chi connectivity index (χ3v) is 3.23. The highest BCUT2D eigenvalue weighted by molar-refractivity contribution is 6.30. The van der Waals surface area contributed by atoms with E-state index in [2.05, 4.69) is 11.3 Å². The summed E-state index contributed by atoms with van der Waals surface area (Å²) in [6, 6.07) is 6.74. The summed E-state index contributed by atoms with van der Waals surface area (Å²) in [6.45, 7) is 5.79. The molecule has 0 heterocycles. The van der Waals surface area contributed by atoms with Gasteiger partial charge in [-0.2, -0.15) is 0 Å². The van der Waals surface area contributed by atoms with Crippen LogP contribution < -0.4 is 4.74 Å². The number of benzene rings is 1. The maximum Gasteiger partial charge on any atom is 0.310 e. The van der Waals surface area contributed by atoms with Crippen LogP contribution in [0.1, 0.15) is 6.92 Å². The number of hydrogen-bond donors (Lipinski definition) is 0. The van der Waals surface area contributed by atoms with Crippen LogP contribution in [0.2, 0.25) is 5.02 Å². The molecule has 0 spiro atoms. The fourth-order valence-electron chi connectivity index (χ4n) is 1.81. The minimum absolute atomic E-state index is 0.122. The Morgan fingerprint density at radius 1 is 1.36 bits per heavy atom. The molecule has 0 aromatic heterocycles. The van der Waals surface area contributed by atoms with E-state index in [-0.39, 0.29) is 25.0 Å². The Bertz CT molecular complexity index is 515. The van der Waals surface area contributed by atoms with Crippen molar-refractivity contribution in [1.29, 1.82) is 0 Å². The molecule has 0 fully saturated rings. The van der Waals surface area contributed by atoms with E-state index in [1.807, 2.05) is 0 Å². The van der Waals surface area contributed by atoms with Crippen molar-refractivity contribution < 1.29 is 19.1 Å². The number of rotatable bonds is 8. The fourth-order valence-corrected chi connectivity index (χ4v) is 1.93. The van der Waals surface area contributed by atoms with Gasteiger partial charge in [-0.1, -0.05) is 24.6 Å². The second-order valence-corrected chi connectivity index (χ2v) is 5.19. The van der Waals surface area contributed by atoms with E-state index in [0.717, 1.165) is 0 Å². The molecule has 6 heteroatoms. The van der Waals surface area contributed by atoms with E-state index < -0.39 is 5.92 Å². The molecule has 0 aliphatic carbocycles. The molecule has 0 N–H and O–H groups in total. The van der Waals surface area contributed by atoms with Gasteiger partial charge >= 0.3 is 5.97 Å². The molecule has 22 heavy (non-hydrogen) atoms. The number of carbonyl (C=O) groups excluding carboxylic acids is 2. The van der Waals surface area contributed by atoms with E-state index in [1.165, 1.54) is 12.0 Å². The lowest BCUT2D eigenvalue weighted by atomic mass is 10.1. The van der Waals surface area contributed by atoms with Gasteiger partial charge in [0.2, 0.25) is 0 Å². The van der Waals surface area contributed by atoms with Crippen LogP contribution in [0.15, 0.2) is 36.9 Å². The SMILES string of the molecule is C=CCN(CC(C)C(=O)OC)C(=O)COc1ccc(Cl)cc1. The van der Waals surface area contributed by atoms with Crippen molar-refractivity contribution in [3.8, 4) is 5.75 Å². The number of methoxy groups -OCH3 is 1.